The van der Waals surface area contributed by atoms with E-state index in [2.05, 4.69) is 15.1 Å². The molecule has 0 spiro atoms. The number of benzene rings is 1. The number of nitrogens with zero attached hydrogens (tertiary/aromatic N) is 4. The van der Waals surface area contributed by atoms with Crippen molar-refractivity contribution in [3.8, 4) is 28.8 Å². The van der Waals surface area contributed by atoms with Gasteiger partial charge in [-0.25, -0.2) is 0 Å². The van der Waals surface area contributed by atoms with Crippen molar-refractivity contribution in [3.05, 3.63) is 29.3 Å². The minimum Gasteiger partial charge on any atom is -0.507 e. The third-order valence-corrected chi connectivity index (χ3v) is 5.09. The van der Waals surface area contributed by atoms with Gasteiger partial charge < -0.3 is 19.8 Å². The summed E-state index contributed by atoms with van der Waals surface area (Å²) < 4.78 is 5.77. The highest BCUT2D eigenvalue weighted by molar-refractivity contribution is 5.74. The molecule has 1 aromatic heterocycles. The fourth-order valence-electron chi connectivity index (χ4n) is 3.85. The number of ether oxygens (including phenoxy) is 1. The fourth-order valence-corrected chi connectivity index (χ4v) is 3.85. The van der Waals surface area contributed by atoms with E-state index < -0.39 is 5.60 Å². The molecular formula is C19H20N4O3. The smallest absolute Gasteiger partial charge is 0.194 e. The third kappa shape index (κ3) is 2.72. The van der Waals surface area contributed by atoms with Crippen LogP contribution in [-0.2, 0) is 0 Å². The molecule has 1 aliphatic carbocycles. The molecule has 2 heterocycles. The first kappa shape index (κ1) is 16.6. The maximum absolute atomic E-state index is 10.3. The number of aromatic hydroxyl groups is 1. The van der Waals surface area contributed by atoms with E-state index >= 15 is 0 Å². The van der Waals surface area contributed by atoms with E-state index in [1.807, 2.05) is 19.9 Å². The summed E-state index contributed by atoms with van der Waals surface area (Å²) in [7, 11) is 0. The molecule has 7 nitrogen and oxygen atoms in total. The Kier molecular flexibility index (Phi) is 3.74. The molecule has 0 atom stereocenters. The van der Waals surface area contributed by atoms with E-state index in [1.165, 1.54) is 6.07 Å². The van der Waals surface area contributed by atoms with Gasteiger partial charge in [0.25, 0.3) is 0 Å². The highest BCUT2D eigenvalue weighted by atomic mass is 16.5. The van der Waals surface area contributed by atoms with Crippen molar-refractivity contribution in [1.82, 2.24) is 10.2 Å². The van der Waals surface area contributed by atoms with E-state index in [0.717, 1.165) is 5.56 Å². The second-order valence-corrected chi connectivity index (χ2v) is 7.32. The molecule has 1 saturated carbocycles. The van der Waals surface area contributed by atoms with Crippen LogP contribution in [0.1, 0.15) is 30.9 Å². The lowest BCUT2D eigenvalue weighted by Gasteiger charge is -2.48. The average Bonchev–Trinajstić information content (AvgIpc) is 2.58. The molecule has 4 rings (SSSR count). The predicted octanol–water partition coefficient (Wildman–Crippen LogP) is 2.14. The number of nitriles is 1. The van der Waals surface area contributed by atoms with Crippen molar-refractivity contribution in [2.45, 2.75) is 38.3 Å². The highest BCUT2D eigenvalue weighted by Crippen LogP contribution is 2.42. The summed E-state index contributed by atoms with van der Waals surface area (Å²) >= 11 is 0. The van der Waals surface area contributed by atoms with Gasteiger partial charge in [0.2, 0.25) is 0 Å². The largest absolute Gasteiger partial charge is 0.507 e. The van der Waals surface area contributed by atoms with Crippen molar-refractivity contribution < 1.29 is 14.9 Å². The molecule has 2 aromatic rings. The monoisotopic (exact) mass is 352 g/mol. The second kappa shape index (κ2) is 5.85. The number of aliphatic hydroxyl groups is 1. The van der Waals surface area contributed by atoms with Crippen molar-refractivity contribution in [3.63, 3.8) is 0 Å². The van der Waals surface area contributed by atoms with Gasteiger partial charge in [0.05, 0.1) is 23.8 Å². The van der Waals surface area contributed by atoms with Gasteiger partial charge in [-0.05, 0) is 44.4 Å². The second-order valence-electron chi connectivity index (χ2n) is 7.32. The number of hydrogen-bond donors (Lipinski definition) is 2. The molecule has 1 aromatic carbocycles. The molecule has 7 heteroatoms. The summed E-state index contributed by atoms with van der Waals surface area (Å²) in [4.78, 5) is 2.14. The van der Waals surface area contributed by atoms with E-state index in [4.69, 9.17) is 10.00 Å². The quantitative estimate of drug-likeness (QED) is 0.853. The number of anilines is 1. The summed E-state index contributed by atoms with van der Waals surface area (Å²) in [5, 5.41) is 38.0. The van der Waals surface area contributed by atoms with Gasteiger partial charge in [-0.1, -0.05) is 0 Å². The highest BCUT2D eigenvalue weighted by Gasteiger charge is 2.43. The van der Waals surface area contributed by atoms with Gasteiger partial charge in [0.15, 0.2) is 11.6 Å². The minimum absolute atomic E-state index is 0.00138. The summed E-state index contributed by atoms with van der Waals surface area (Å²) in [5.41, 5.74) is 1.59. The molecule has 2 N–H and O–H groups in total. The van der Waals surface area contributed by atoms with E-state index in [-0.39, 0.29) is 11.8 Å². The zero-order valence-electron chi connectivity index (χ0n) is 14.7. The maximum atomic E-state index is 10.3. The summed E-state index contributed by atoms with van der Waals surface area (Å²) in [6, 6.07) is 7.17. The van der Waals surface area contributed by atoms with Crippen LogP contribution in [-0.4, -0.2) is 45.2 Å². The Bertz CT molecular complexity index is 888. The summed E-state index contributed by atoms with van der Waals surface area (Å²) in [6.07, 6.45) is 1.40. The van der Waals surface area contributed by atoms with Gasteiger partial charge in [0, 0.05) is 17.7 Å². The van der Waals surface area contributed by atoms with Crippen LogP contribution in [0.2, 0.25) is 0 Å². The van der Waals surface area contributed by atoms with Crippen LogP contribution in [0, 0.1) is 18.3 Å². The number of rotatable bonds is 2. The van der Waals surface area contributed by atoms with Gasteiger partial charge in [-0.2, -0.15) is 5.26 Å². The maximum Gasteiger partial charge on any atom is 0.194 e. The Morgan fingerprint density at radius 1 is 1.31 bits per heavy atom. The van der Waals surface area contributed by atoms with Gasteiger partial charge in [-0.15, -0.1) is 10.2 Å². The first-order chi connectivity index (χ1) is 12.4. The van der Waals surface area contributed by atoms with Crippen LogP contribution >= 0.6 is 0 Å². The number of phenolic OH excluding ortho intramolecular Hbond substituents is 1. The zero-order valence-corrected chi connectivity index (χ0v) is 14.7. The molecule has 0 amide bonds. The molecule has 1 fully saturated rings. The van der Waals surface area contributed by atoms with Gasteiger partial charge in [0.1, 0.15) is 18.1 Å². The van der Waals surface area contributed by atoms with E-state index in [1.54, 1.807) is 12.1 Å². The molecule has 134 valence electrons. The lowest BCUT2D eigenvalue weighted by atomic mass is 9.76. The third-order valence-electron chi connectivity index (χ3n) is 5.09. The van der Waals surface area contributed by atoms with Crippen molar-refractivity contribution in [2.75, 3.05) is 18.1 Å². The number of fused-ring (bicyclic) bond motifs is 1. The van der Waals surface area contributed by atoms with Crippen LogP contribution < -0.4 is 9.64 Å². The zero-order chi connectivity index (χ0) is 18.5. The molecule has 0 unspecified atom stereocenters. The normalized spacial score (nSPS) is 24.2. The van der Waals surface area contributed by atoms with Crippen LogP contribution in [0.25, 0.3) is 11.3 Å². The van der Waals surface area contributed by atoms with Crippen molar-refractivity contribution in [1.29, 1.82) is 5.26 Å². The lowest BCUT2D eigenvalue weighted by molar-refractivity contribution is -0.0323. The Hall–Kier alpha value is -2.85. The molecule has 0 bridgehead atoms. The lowest BCUT2D eigenvalue weighted by Crippen LogP contribution is -2.55. The summed E-state index contributed by atoms with van der Waals surface area (Å²) in [6.45, 7) is 4.91. The number of phenols is 1. The first-order valence-electron chi connectivity index (χ1n) is 8.61. The Morgan fingerprint density at radius 2 is 2.08 bits per heavy atom. The van der Waals surface area contributed by atoms with Crippen LogP contribution in [0.15, 0.2) is 18.2 Å². The molecule has 0 saturated heterocycles. The average molecular weight is 352 g/mol. The van der Waals surface area contributed by atoms with Crippen LogP contribution in [0.3, 0.4) is 0 Å². The van der Waals surface area contributed by atoms with Gasteiger partial charge >= 0.3 is 0 Å². The number of aromatic nitrogens is 2. The Morgan fingerprint density at radius 3 is 2.73 bits per heavy atom. The Labute approximate surface area is 151 Å². The SMILES string of the molecule is Cc1cc(C#N)cc(O)c1-c1cc2c(nn1)N(C1CC(C)(O)C1)CCO2. The van der Waals surface area contributed by atoms with Crippen molar-refractivity contribution >= 4 is 5.82 Å². The summed E-state index contributed by atoms with van der Waals surface area (Å²) in [5.74, 6) is 1.29. The molecule has 26 heavy (non-hydrogen) atoms. The van der Waals surface area contributed by atoms with E-state index in [9.17, 15) is 10.2 Å². The number of aryl methyl sites for hydroxylation is 1. The van der Waals surface area contributed by atoms with Crippen LogP contribution in [0.4, 0.5) is 5.82 Å². The fraction of sp³-hybridized carbons (Fsp3) is 0.421. The standard InChI is InChI=1S/C19H20N4O3/c1-11-5-12(10-20)6-15(24)17(11)14-7-16-18(22-21-14)23(3-4-26-16)13-8-19(2,25)9-13/h5-7,13,24-25H,3-4,8-9H2,1-2H3. The van der Waals surface area contributed by atoms with Crippen LogP contribution in [0.5, 0.6) is 11.5 Å². The Balaban J connectivity index is 1.69. The predicted molar refractivity (Wildman–Crippen MR) is 95.1 cm³/mol. The minimum atomic E-state index is -0.609. The number of hydrogen-bond acceptors (Lipinski definition) is 7. The van der Waals surface area contributed by atoms with Crippen molar-refractivity contribution in [2.24, 2.45) is 0 Å². The molecule has 2 aliphatic rings. The topological polar surface area (TPSA) is 102 Å². The molecular weight excluding hydrogens is 332 g/mol. The first-order valence-corrected chi connectivity index (χ1v) is 8.61. The molecule has 1 aliphatic heterocycles. The van der Waals surface area contributed by atoms with E-state index in [0.29, 0.717) is 54.4 Å². The van der Waals surface area contributed by atoms with Gasteiger partial charge in [-0.3, -0.25) is 0 Å². The molecule has 0 radical (unpaired) electrons.